The smallest absolute Gasteiger partial charge is 0.201 e. The Morgan fingerprint density at radius 2 is 2.22 bits per heavy atom. The SMILES string of the molecule is Cn1nnc(C(F)F)n1. The largest absolute Gasteiger partial charge is 0.301 e. The van der Waals surface area contributed by atoms with E-state index in [-0.39, 0.29) is 0 Å². The summed E-state index contributed by atoms with van der Waals surface area (Å²) in [5, 5.41) is 9.54. The van der Waals surface area contributed by atoms with E-state index in [1.54, 1.807) is 0 Å². The summed E-state index contributed by atoms with van der Waals surface area (Å²) in [6.45, 7) is 0. The van der Waals surface area contributed by atoms with Crippen molar-refractivity contribution >= 4 is 0 Å². The molecular weight excluding hydrogens is 130 g/mol. The van der Waals surface area contributed by atoms with Crippen molar-refractivity contribution in [1.29, 1.82) is 0 Å². The van der Waals surface area contributed by atoms with E-state index in [4.69, 9.17) is 0 Å². The van der Waals surface area contributed by atoms with Crippen LogP contribution in [-0.4, -0.2) is 20.2 Å². The van der Waals surface area contributed by atoms with Gasteiger partial charge in [0.1, 0.15) is 0 Å². The highest BCUT2D eigenvalue weighted by Crippen LogP contribution is 2.10. The fourth-order valence-corrected chi connectivity index (χ4v) is 0.386. The zero-order chi connectivity index (χ0) is 6.85. The van der Waals surface area contributed by atoms with Crippen molar-refractivity contribution in [2.45, 2.75) is 6.43 Å². The highest BCUT2D eigenvalue weighted by molar-refractivity contribution is 4.76. The minimum Gasteiger partial charge on any atom is -0.201 e. The number of tetrazole rings is 1. The molecule has 9 heavy (non-hydrogen) atoms. The second-order valence-electron chi connectivity index (χ2n) is 1.44. The van der Waals surface area contributed by atoms with Crippen molar-refractivity contribution in [1.82, 2.24) is 20.2 Å². The molecule has 0 N–H and O–H groups in total. The Labute approximate surface area is 49.5 Å². The second kappa shape index (κ2) is 2.04. The molecular formula is C3H4F2N4. The van der Waals surface area contributed by atoms with E-state index >= 15 is 0 Å². The van der Waals surface area contributed by atoms with E-state index in [2.05, 4.69) is 15.4 Å². The monoisotopic (exact) mass is 134 g/mol. The van der Waals surface area contributed by atoms with E-state index in [1.165, 1.54) is 7.05 Å². The van der Waals surface area contributed by atoms with Gasteiger partial charge >= 0.3 is 6.43 Å². The number of aryl methyl sites for hydroxylation is 1. The van der Waals surface area contributed by atoms with Gasteiger partial charge in [0.25, 0.3) is 0 Å². The molecule has 1 heterocycles. The zero-order valence-corrected chi connectivity index (χ0v) is 4.62. The summed E-state index contributed by atoms with van der Waals surface area (Å²) in [4.78, 5) is 0.988. The molecule has 1 aromatic rings. The molecule has 0 fully saturated rings. The van der Waals surface area contributed by atoms with Crippen molar-refractivity contribution in [3.63, 3.8) is 0 Å². The Balaban J connectivity index is 2.85. The van der Waals surface area contributed by atoms with Crippen LogP contribution in [0.1, 0.15) is 12.2 Å². The van der Waals surface area contributed by atoms with Gasteiger partial charge in [0, 0.05) is 0 Å². The summed E-state index contributed by atoms with van der Waals surface area (Å²) >= 11 is 0. The van der Waals surface area contributed by atoms with Gasteiger partial charge in [0.05, 0.1) is 7.05 Å². The standard InChI is InChI=1S/C3H4F2N4/c1-9-7-3(2(4)5)6-8-9/h2H,1H3. The molecule has 50 valence electrons. The first kappa shape index (κ1) is 6.06. The predicted octanol–water partition coefficient (Wildman–Crippen LogP) is 0.148. The Bertz CT molecular complexity index is 195. The van der Waals surface area contributed by atoms with Gasteiger partial charge in [-0.15, -0.1) is 10.2 Å². The maximum absolute atomic E-state index is 11.6. The highest BCUT2D eigenvalue weighted by Gasteiger charge is 2.11. The van der Waals surface area contributed by atoms with Crippen LogP contribution in [0.25, 0.3) is 0 Å². The van der Waals surface area contributed by atoms with Gasteiger partial charge in [-0.25, -0.2) is 8.78 Å². The topological polar surface area (TPSA) is 43.6 Å². The number of aromatic nitrogens is 4. The first-order valence-corrected chi connectivity index (χ1v) is 2.22. The zero-order valence-electron chi connectivity index (χ0n) is 4.62. The van der Waals surface area contributed by atoms with E-state index < -0.39 is 12.2 Å². The van der Waals surface area contributed by atoms with Crippen LogP contribution in [0.15, 0.2) is 0 Å². The molecule has 0 aromatic carbocycles. The average Bonchev–Trinajstić information content (AvgIpc) is 2.14. The Kier molecular flexibility index (Phi) is 1.37. The minimum atomic E-state index is -2.63. The van der Waals surface area contributed by atoms with Gasteiger partial charge in [-0.05, 0) is 5.21 Å². The van der Waals surface area contributed by atoms with Crippen molar-refractivity contribution in [3.05, 3.63) is 5.82 Å². The van der Waals surface area contributed by atoms with Crippen LogP contribution in [0.2, 0.25) is 0 Å². The first-order chi connectivity index (χ1) is 4.20. The molecule has 1 aromatic heterocycles. The van der Waals surface area contributed by atoms with Crippen molar-refractivity contribution in [2.75, 3.05) is 0 Å². The van der Waals surface area contributed by atoms with Crippen molar-refractivity contribution < 1.29 is 8.78 Å². The maximum atomic E-state index is 11.6. The van der Waals surface area contributed by atoms with Gasteiger partial charge < -0.3 is 0 Å². The van der Waals surface area contributed by atoms with Gasteiger partial charge in [-0.3, -0.25) is 0 Å². The number of hydrogen-bond acceptors (Lipinski definition) is 3. The molecule has 0 saturated carbocycles. The molecule has 0 aliphatic rings. The van der Waals surface area contributed by atoms with E-state index in [9.17, 15) is 8.78 Å². The molecule has 0 aliphatic carbocycles. The lowest BCUT2D eigenvalue weighted by molar-refractivity contribution is 0.140. The predicted molar refractivity (Wildman–Crippen MR) is 23.8 cm³/mol. The summed E-state index contributed by atoms with van der Waals surface area (Å²) in [5.41, 5.74) is 0. The number of nitrogens with zero attached hydrogens (tertiary/aromatic N) is 4. The van der Waals surface area contributed by atoms with Gasteiger partial charge in [-0.2, -0.15) is 4.80 Å². The molecule has 4 nitrogen and oxygen atoms in total. The van der Waals surface area contributed by atoms with E-state index in [0.717, 1.165) is 4.80 Å². The van der Waals surface area contributed by atoms with Crippen LogP contribution >= 0.6 is 0 Å². The third-order valence-corrected chi connectivity index (χ3v) is 0.719. The van der Waals surface area contributed by atoms with Crippen molar-refractivity contribution in [3.8, 4) is 0 Å². The fraction of sp³-hybridized carbons (Fsp3) is 0.667. The molecule has 0 bridgehead atoms. The molecule has 0 saturated heterocycles. The molecule has 1 rings (SSSR count). The normalized spacial score (nSPS) is 10.7. The summed E-state index contributed by atoms with van der Waals surface area (Å²) < 4.78 is 23.2. The minimum absolute atomic E-state index is 0.530. The second-order valence-corrected chi connectivity index (χ2v) is 1.44. The number of halogens is 2. The molecule has 0 unspecified atom stereocenters. The maximum Gasteiger partial charge on any atom is 0.301 e. The molecule has 6 heteroatoms. The van der Waals surface area contributed by atoms with Crippen LogP contribution in [-0.2, 0) is 7.05 Å². The van der Waals surface area contributed by atoms with Crippen molar-refractivity contribution in [2.24, 2.45) is 7.05 Å². The molecule has 0 aliphatic heterocycles. The van der Waals surface area contributed by atoms with Gasteiger partial charge in [0.15, 0.2) is 0 Å². The molecule has 0 spiro atoms. The fourth-order valence-electron chi connectivity index (χ4n) is 0.386. The quantitative estimate of drug-likeness (QED) is 0.549. The lowest BCUT2D eigenvalue weighted by atomic mass is 10.7. The van der Waals surface area contributed by atoms with Crippen LogP contribution in [0, 0.1) is 0 Å². The number of alkyl halides is 2. The molecule has 0 atom stereocenters. The van der Waals surface area contributed by atoms with Crippen LogP contribution < -0.4 is 0 Å². The van der Waals surface area contributed by atoms with Crippen LogP contribution in [0.3, 0.4) is 0 Å². The average molecular weight is 134 g/mol. The third-order valence-electron chi connectivity index (χ3n) is 0.719. The van der Waals surface area contributed by atoms with Gasteiger partial charge in [-0.1, -0.05) is 0 Å². The number of hydrogen-bond donors (Lipinski definition) is 0. The van der Waals surface area contributed by atoms with E-state index in [0.29, 0.717) is 0 Å². The Morgan fingerprint density at radius 1 is 1.56 bits per heavy atom. The highest BCUT2D eigenvalue weighted by atomic mass is 19.3. The van der Waals surface area contributed by atoms with Gasteiger partial charge in [0.2, 0.25) is 5.82 Å². The molecule has 0 amide bonds. The summed E-state index contributed by atoms with van der Waals surface area (Å²) in [6, 6.07) is 0. The first-order valence-electron chi connectivity index (χ1n) is 2.22. The van der Waals surface area contributed by atoms with E-state index in [1.807, 2.05) is 0 Å². The Morgan fingerprint density at radius 3 is 2.44 bits per heavy atom. The summed E-state index contributed by atoms with van der Waals surface area (Å²) in [5.74, 6) is -0.530. The summed E-state index contributed by atoms with van der Waals surface area (Å²) in [7, 11) is 1.43. The molecule has 0 radical (unpaired) electrons. The lowest BCUT2D eigenvalue weighted by Gasteiger charge is -1.84. The lowest BCUT2D eigenvalue weighted by Crippen LogP contribution is -1.93. The van der Waals surface area contributed by atoms with Crippen LogP contribution in [0.4, 0.5) is 8.78 Å². The summed E-state index contributed by atoms with van der Waals surface area (Å²) in [6.07, 6.45) is -2.63. The number of rotatable bonds is 1. The third kappa shape index (κ3) is 1.18. The van der Waals surface area contributed by atoms with Crippen LogP contribution in [0.5, 0.6) is 0 Å². The Hall–Kier alpha value is -1.07.